The third kappa shape index (κ3) is 11.3. The van der Waals surface area contributed by atoms with Gasteiger partial charge in [-0.25, -0.2) is 0 Å². The van der Waals surface area contributed by atoms with Gasteiger partial charge in [-0.15, -0.1) is 0 Å². The fourth-order valence-corrected chi connectivity index (χ4v) is 1.11. The minimum absolute atomic E-state index is 0.910. The number of para-hydroxylation sites is 2. The van der Waals surface area contributed by atoms with E-state index in [-0.39, 0.29) is 0 Å². The summed E-state index contributed by atoms with van der Waals surface area (Å²) in [6.07, 6.45) is 0. The lowest BCUT2D eigenvalue weighted by Gasteiger charge is -1.93. The van der Waals surface area contributed by atoms with Crippen molar-refractivity contribution in [2.24, 2.45) is 0 Å². The summed E-state index contributed by atoms with van der Waals surface area (Å²) in [5.41, 5.74) is 0. The second-order valence-corrected chi connectivity index (χ2v) is 3.88. The maximum Gasteiger partial charge on any atom is 0.314 e. The van der Waals surface area contributed by atoms with Crippen LogP contribution in [-0.2, 0) is 4.57 Å². The lowest BCUT2D eigenvalue weighted by molar-refractivity contribution is 0.405. The van der Waals surface area contributed by atoms with E-state index in [1.165, 1.54) is 0 Å². The Balaban J connectivity index is 0.000000289. The molecular formula is C14H19O5P. The molecule has 0 atom stereocenters. The van der Waals surface area contributed by atoms with E-state index < -0.39 is 8.25 Å². The number of hydrogen-bond acceptors (Lipinski definition) is 3. The molecule has 0 spiro atoms. The molecule has 0 saturated heterocycles. The van der Waals surface area contributed by atoms with E-state index in [2.05, 4.69) is 0 Å². The molecule has 5 nitrogen and oxygen atoms in total. The van der Waals surface area contributed by atoms with Crippen LogP contribution in [0.25, 0.3) is 0 Å². The van der Waals surface area contributed by atoms with E-state index in [1.54, 1.807) is 14.2 Å². The van der Waals surface area contributed by atoms with Crippen molar-refractivity contribution in [1.29, 1.82) is 0 Å². The Kier molecular flexibility index (Phi) is 11.1. The van der Waals surface area contributed by atoms with Crippen molar-refractivity contribution in [1.82, 2.24) is 0 Å². The molecule has 2 aromatic rings. The maximum absolute atomic E-state index is 8.74. The van der Waals surface area contributed by atoms with E-state index in [0.717, 1.165) is 11.5 Å². The number of ether oxygens (including phenoxy) is 2. The van der Waals surface area contributed by atoms with Crippen LogP contribution in [0.1, 0.15) is 0 Å². The number of benzene rings is 2. The van der Waals surface area contributed by atoms with Crippen LogP contribution >= 0.6 is 8.25 Å². The summed E-state index contributed by atoms with van der Waals surface area (Å²) in [4.78, 5) is 14.3. The van der Waals surface area contributed by atoms with Gasteiger partial charge in [-0.1, -0.05) is 36.4 Å². The first-order chi connectivity index (χ1) is 9.60. The van der Waals surface area contributed by atoms with Crippen molar-refractivity contribution in [2.45, 2.75) is 0 Å². The fraction of sp³-hybridized carbons (Fsp3) is 0.143. The molecule has 6 heteroatoms. The molecule has 0 heterocycles. The van der Waals surface area contributed by atoms with Gasteiger partial charge in [-0.3, -0.25) is 4.57 Å². The predicted molar refractivity (Wildman–Crippen MR) is 79.4 cm³/mol. The van der Waals surface area contributed by atoms with Crippen molar-refractivity contribution in [3.05, 3.63) is 60.7 Å². The highest BCUT2D eigenvalue weighted by atomic mass is 31.1. The highest BCUT2D eigenvalue weighted by molar-refractivity contribution is 7.30. The lowest BCUT2D eigenvalue weighted by Crippen LogP contribution is -1.78. The van der Waals surface area contributed by atoms with E-state index in [0.29, 0.717) is 0 Å². The fourth-order valence-electron chi connectivity index (χ4n) is 1.11. The van der Waals surface area contributed by atoms with Gasteiger partial charge in [0.05, 0.1) is 14.2 Å². The normalized spacial score (nSPS) is 8.65. The summed E-state index contributed by atoms with van der Waals surface area (Å²) in [5, 5.41) is 0. The summed E-state index contributed by atoms with van der Waals surface area (Å²) in [6.45, 7) is 0. The molecule has 2 aromatic carbocycles. The first kappa shape index (κ1) is 18.2. The number of methoxy groups -OCH3 is 2. The van der Waals surface area contributed by atoms with Crippen LogP contribution in [0.5, 0.6) is 11.5 Å². The van der Waals surface area contributed by atoms with Gasteiger partial charge in [0, 0.05) is 0 Å². The van der Waals surface area contributed by atoms with E-state index in [9.17, 15) is 0 Å². The van der Waals surface area contributed by atoms with E-state index in [1.807, 2.05) is 60.7 Å². The molecular weight excluding hydrogens is 279 g/mol. The molecule has 20 heavy (non-hydrogen) atoms. The quantitative estimate of drug-likeness (QED) is 0.834. The van der Waals surface area contributed by atoms with Crippen molar-refractivity contribution in [3.8, 4) is 11.5 Å². The van der Waals surface area contributed by atoms with Crippen LogP contribution in [0, 0.1) is 0 Å². The van der Waals surface area contributed by atoms with Gasteiger partial charge < -0.3 is 19.3 Å². The maximum atomic E-state index is 8.74. The minimum Gasteiger partial charge on any atom is -0.497 e. The SMILES string of the molecule is COc1ccccc1.COc1ccccc1.O=[PH](O)O. The third-order valence-corrected chi connectivity index (χ3v) is 1.96. The highest BCUT2D eigenvalue weighted by Crippen LogP contribution is 2.06. The molecule has 0 fully saturated rings. The van der Waals surface area contributed by atoms with E-state index in [4.69, 9.17) is 23.8 Å². The Bertz CT molecular complexity index is 418. The molecule has 0 aliphatic carbocycles. The van der Waals surface area contributed by atoms with Gasteiger partial charge in [-0.05, 0) is 24.3 Å². The minimum atomic E-state index is -3.13. The van der Waals surface area contributed by atoms with Crippen molar-refractivity contribution < 1.29 is 23.8 Å². The smallest absolute Gasteiger partial charge is 0.314 e. The predicted octanol–water partition coefficient (Wildman–Crippen LogP) is 2.75. The third-order valence-electron chi connectivity index (χ3n) is 1.96. The summed E-state index contributed by atoms with van der Waals surface area (Å²) in [5.74, 6) is 1.82. The number of rotatable bonds is 2. The molecule has 0 amide bonds. The molecule has 0 saturated carbocycles. The Labute approximate surface area is 119 Å². The van der Waals surface area contributed by atoms with Crippen LogP contribution in [0.4, 0.5) is 0 Å². The molecule has 2 N–H and O–H groups in total. The molecule has 0 aliphatic heterocycles. The topological polar surface area (TPSA) is 76.0 Å². The lowest BCUT2D eigenvalue weighted by atomic mass is 10.3. The first-order valence-electron chi connectivity index (χ1n) is 5.70. The van der Waals surface area contributed by atoms with Crippen molar-refractivity contribution in [3.63, 3.8) is 0 Å². The highest BCUT2D eigenvalue weighted by Gasteiger charge is 1.80. The molecule has 0 bridgehead atoms. The van der Waals surface area contributed by atoms with Gasteiger partial charge in [0.15, 0.2) is 0 Å². The van der Waals surface area contributed by atoms with Gasteiger partial charge in [0.25, 0.3) is 0 Å². The average Bonchev–Trinajstić information content (AvgIpc) is 2.49. The van der Waals surface area contributed by atoms with Crippen LogP contribution in [0.3, 0.4) is 0 Å². The number of hydrogen-bond donors (Lipinski definition) is 2. The van der Waals surface area contributed by atoms with Gasteiger partial charge in [0.1, 0.15) is 11.5 Å². The second-order valence-electron chi connectivity index (χ2n) is 3.32. The molecule has 110 valence electrons. The Morgan fingerprint density at radius 1 is 0.750 bits per heavy atom. The Hall–Kier alpha value is -1.81. The van der Waals surface area contributed by atoms with Gasteiger partial charge in [-0.2, -0.15) is 0 Å². The van der Waals surface area contributed by atoms with Crippen LogP contribution in [0.2, 0.25) is 0 Å². The summed E-state index contributed by atoms with van der Waals surface area (Å²) >= 11 is 0. The van der Waals surface area contributed by atoms with Crippen LogP contribution in [-0.4, -0.2) is 24.0 Å². The zero-order chi connectivity index (χ0) is 15.2. The summed E-state index contributed by atoms with van der Waals surface area (Å²) in [7, 11) is 0.194. The largest absolute Gasteiger partial charge is 0.497 e. The van der Waals surface area contributed by atoms with Gasteiger partial charge >= 0.3 is 8.25 Å². The Morgan fingerprint density at radius 3 is 1.15 bits per heavy atom. The van der Waals surface area contributed by atoms with E-state index >= 15 is 0 Å². The summed E-state index contributed by atoms with van der Waals surface area (Å²) < 4.78 is 18.6. The molecule has 0 unspecified atom stereocenters. The molecule has 0 radical (unpaired) electrons. The summed E-state index contributed by atoms with van der Waals surface area (Å²) in [6, 6.07) is 19.4. The standard InChI is InChI=1S/2C7H8O.H3O3P/c2*1-8-7-5-3-2-4-6-7;1-4(2)3/h2*2-6H,1H3;4H,(H2,1,2,3). The van der Waals surface area contributed by atoms with Crippen LogP contribution < -0.4 is 9.47 Å². The zero-order valence-electron chi connectivity index (χ0n) is 11.4. The second kappa shape index (κ2) is 12.2. The van der Waals surface area contributed by atoms with Crippen molar-refractivity contribution in [2.75, 3.05) is 14.2 Å². The van der Waals surface area contributed by atoms with Crippen molar-refractivity contribution >= 4 is 8.25 Å². The first-order valence-corrected chi connectivity index (χ1v) is 7.00. The molecule has 2 rings (SSSR count). The van der Waals surface area contributed by atoms with Crippen LogP contribution in [0.15, 0.2) is 60.7 Å². The zero-order valence-corrected chi connectivity index (χ0v) is 12.4. The Morgan fingerprint density at radius 2 is 1.00 bits per heavy atom. The average molecular weight is 298 g/mol. The monoisotopic (exact) mass is 298 g/mol. The molecule has 0 aliphatic rings. The molecule has 0 aromatic heterocycles. The van der Waals surface area contributed by atoms with Gasteiger partial charge in [0.2, 0.25) is 0 Å².